The van der Waals surface area contributed by atoms with Gasteiger partial charge in [-0.05, 0) is 6.07 Å². The first-order valence-electron chi connectivity index (χ1n) is 2.69. The second-order valence-corrected chi connectivity index (χ2v) is 1.95. The van der Waals surface area contributed by atoms with Crippen LogP contribution in [0.1, 0.15) is 5.56 Å². The second-order valence-electron chi connectivity index (χ2n) is 1.95. The number of hydrogen-bond acceptors (Lipinski definition) is 0. The Balaban J connectivity index is 0. The average molecular weight is 267 g/mol. The molecular weight excluding hydrogens is 264 g/mol. The van der Waals surface area contributed by atoms with E-state index in [1.54, 1.807) is 0 Å². The smallest absolute Gasteiger partial charge is 1.00 e. The Labute approximate surface area is 99.2 Å². The van der Waals surface area contributed by atoms with Gasteiger partial charge in [0.1, 0.15) is 11.6 Å². The van der Waals surface area contributed by atoms with Crippen LogP contribution in [0.2, 0.25) is 0 Å². The second kappa shape index (κ2) is 5.72. The molecule has 0 aliphatic carbocycles. The zero-order valence-corrected chi connectivity index (χ0v) is 9.38. The molecule has 13 heavy (non-hydrogen) atoms. The van der Waals surface area contributed by atoms with Crippen molar-refractivity contribution in [3.05, 3.63) is 41.8 Å². The number of rotatable bonds is 0. The van der Waals surface area contributed by atoms with Crippen LogP contribution in [0.4, 0.5) is 17.6 Å². The topological polar surface area (TPSA) is 0 Å². The first-order chi connectivity index (χ1) is 5.04. The molecule has 0 amide bonds. The van der Waals surface area contributed by atoms with Gasteiger partial charge in [0.2, 0.25) is 0 Å². The first kappa shape index (κ1) is 15.5. The van der Waals surface area contributed by atoms with Crippen LogP contribution in [0.25, 0.3) is 0 Å². The Morgan fingerprint density at radius 1 is 0.923 bits per heavy atom. The number of hydrogen-bond donors (Lipinski definition) is 0. The van der Waals surface area contributed by atoms with Gasteiger partial charge in [-0.3, -0.25) is 8.78 Å². The minimum atomic E-state index is -1.45. The van der Waals surface area contributed by atoms with E-state index in [9.17, 15) is 17.6 Å². The summed E-state index contributed by atoms with van der Waals surface area (Å²) in [6, 6.07) is 0.138. The van der Waals surface area contributed by atoms with E-state index >= 15 is 0 Å². The summed E-state index contributed by atoms with van der Waals surface area (Å²) in [4.78, 5) is 0. The van der Waals surface area contributed by atoms with Crippen LogP contribution >= 0.6 is 0 Å². The van der Waals surface area contributed by atoms with Gasteiger partial charge in [-0.1, -0.05) is 0 Å². The molecule has 0 saturated carbocycles. The van der Waals surface area contributed by atoms with Crippen LogP contribution in [-0.4, -0.2) is 23.1 Å². The van der Waals surface area contributed by atoms with Crippen molar-refractivity contribution in [2.24, 2.45) is 0 Å². The maximum Gasteiger partial charge on any atom is 2.00 e. The predicted octanol–water partition coefficient (Wildman–Crippen LogP) is -0.952. The Morgan fingerprint density at radius 3 is 1.54 bits per heavy atom. The summed E-state index contributed by atoms with van der Waals surface area (Å²) >= 11 is 0. The van der Waals surface area contributed by atoms with E-state index in [4.69, 9.17) is 0 Å². The third-order valence-electron chi connectivity index (χ3n) is 1.20. The van der Waals surface area contributed by atoms with Gasteiger partial charge in [-0.2, -0.15) is 6.92 Å². The first-order valence-corrected chi connectivity index (χ1v) is 2.69. The SMILES string of the molecule is [Br-].[CH2-]c1c(F)c(F)cc(F)c1F.[Mg+2]. The fourth-order valence-corrected chi connectivity index (χ4v) is 0.623. The fourth-order valence-electron chi connectivity index (χ4n) is 0.623. The van der Waals surface area contributed by atoms with Crippen molar-refractivity contribution in [3.63, 3.8) is 0 Å². The van der Waals surface area contributed by atoms with Crippen molar-refractivity contribution < 1.29 is 34.5 Å². The van der Waals surface area contributed by atoms with Crippen LogP contribution in [0, 0.1) is 30.2 Å². The van der Waals surface area contributed by atoms with Crippen LogP contribution < -0.4 is 17.0 Å². The standard InChI is InChI=1S/C7H3F4.BrH.Mg/c1-3-6(10)4(8)2-5(9)7(3)11;;/h2H,1H2;1H;/q-1;;+2/p-1. The van der Waals surface area contributed by atoms with Crippen molar-refractivity contribution in [2.45, 2.75) is 0 Å². The molecule has 0 radical (unpaired) electrons. The van der Waals surface area contributed by atoms with Gasteiger partial charge < -0.3 is 17.0 Å². The van der Waals surface area contributed by atoms with E-state index in [0.717, 1.165) is 0 Å². The van der Waals surface area contributed by atoms with E-state index in [1.807, 2.05) is 0 Å². The normalized spacial score (nSPS) is 8.62. The van der Waals surface area contributed by atoms with Crippen LogP contribution in [0.5, 0.6) is 0 Å². The summed E-state index contributed by atoms with van der Waals surface area (Å²) in [6.45, 7) is 2.81. The summed E-state index contributed by atoms with van der Waals surface area (Å²) in [6.07, 6.45) is 0. The van der Waals surface area contributed by atoms with Gasteiger partial charge >= 0.3 is 23.1 Å². The molecule has 1 aromatic carbocycles. The maximum atomic E-state index is 12.3. The molecule has 0 N–H and O–H groups in total. The summed E-state index contributed by atoms with van der Waals surface area (Å²) in [5, 5.41) is 0. The molecular formula is C7H3BrF4Mg. The monoisotopic (exact) mass is 266 g/mol. The summed E-state index contributed by atoms with van der Waals surface area (Å²) in [7, 11) is 0. The number of halogens is 5. The van der Waals surface area contributed by atoms with Crippen molar-refractivity contribution >= 4 is 23.1 Å². The van der Waals surface area contributed by atoms with Gasteiger partial charge in [-0.15, -0.1) is 5.56 Å². The van der Waals surface area contributed by atoms with Gasteiger partial charge in [-0.25, -0.2) is 8.78 Å². The van der Waals surface area contributed by atoms with Gasteiger partial charge in [0.15, 0.2) is 0 Å². The molecule has 0 heterocycles. The Kier molecular flexibility index (Phi) is 6.83. The van der Waals surface area contributed by atoms with Crippen LogP contribution in [0.15, 0.2) is 6.07 Å². The van der Waals surface area contributed by atoms with E-state index < -0.39 is 28.8 Å². The predicted molar refractivity (Wildman–Crippen MR) is 36.5 cm³/mol. The molecule has 6 heteroatoms. The molecule has 1 aromatic rings. The molecule has 0 aromatic heterocycles. The molecule has 0 saturated heterocycles. The summed E-state index contributed by atoms with van der Waals surface area (Å²) in [5.41, 5.74) is -0.887. The molecule has 0 nitrogen and oxygen atoms in total. The minimum absolute atomic E-state index is 0. The molecule has 0 unspecified atom stereocenters. The van der Waals surface area contributed by atoms with Gasteiger partial charge in [0.25, 0.3) is 0 Å². The largest absolute Gasteiger partial charge is 2.00 e. The van der Waals surface area contributed by atoms with Gasteiger partial charge in [0, 0.05) is 0 Å². The summed E-state index contributed by atoms with van der Waals surface area (Å²) < 4.78 is 49.1. The van der Waals surface area contributed by atoms with E-state index in [0.29, 0.717) is 0 Å². The van der Waals surface area contributed by atoms with Crippen molar-refractivity contribution in [3.8, 4) is 0 Å². The molecule has 0 aliphatic heterocycles. The third-order valence-corrected chi connectivity index (χ3v) is 1.20. The van der Waals surface area contributed by atoms with Crippen molar-refractivity contribution in [1.29, 1.82) is 0 Å². The molecule has 0 aliphatic rings. The zero-order chi connectivity index (χ0) is 8.59. The van der Waals surface area contributed by atoms with Crippen molar-refractivity contribution in [1.82, 2.24) is 0 Å². The molecule has 1 rings (SSSR count). The summed E-state index contributed by atoms with van der Waals surface area (Å²) in [5.74, 6) is -5.78. The average Bonchev–Trinajstić information content (AvgIpc) is 1.97. The quantitative estimate of drug-likeness (QED) is 0.246. The van der Waals surface area contributed by atoms with E-state index in [1.165, 1.54) is 0 Å². The third kappa shape index (κ3) is 3.03. The Bertz CT molecular complexity index is 277. The van der Waals surface area contributed by atoms with Crippen molar-refractivity contribution in [2.75, 3.05) is 0 Å². The molecule has 68 valence electrons. The maximum absolute atomic E-state index is 12.3. The molecule has 0 spiro atoms. The van der Waals surface area contributed by atoms with E-state index in [2.05, 4.69) is 6.92 Å². The molecule has 0 atom stereocenters. The van der Waals surface area contributed by atoms with E-state index in [-0.39, 0.29) is 46.1 Å². The molecule has 0 fully saturated rings. The zero-order valence-electron chi connectivity index (χ0n) is 6.38. The molecule has 0 bridgehead atoms. The number of benzene rings is 1. The Morgan fingerprint density at radius 2 is 1.23 bits per heavy atom. The van der Waals surface area contributed by atoms with Crippen LogP contribution in [0.3, 0.4) is 0 Å². The minimum Gasteiger partial charge on any atom is -1.00 e. The van der Waals surface area contributed by atoms with Crippen LogP contribution in [-0.2, 0) is 0 Å². The Hall–Kier alpha value is 0.0562. The fraction of sp³-hybridized carbons (Fsp3) is 0. The van der Waals surface area contributed by atoms with Gasteiger partial charge in [0.05, 0.1) is 11.6 Å².